The summed E-state index contributed by atoms with van der Waals surface area (Å²) in [5.41, 5.74) is 9.10. The quantitative estimate of drug-likeness (QED) is 0.615. The van der Waals surface area contributed by atoms with Crippen molar-refractivity contribution in [1.29, 1.82) is 0 Å². The van der Waals surface area contributed by atoms with Gasteiger partial charge in [-0.3, -0.25) is 0 Å². The summed E-state index contributed by atoms with van der Waals surface area (Å²) in [4.78, 5) is 10.4. The van der Waals surface area contributed by atoms with Crippen LogP contribution in [0.1, 0.15) is 18.9 Å². The number of nitrogens with one attached hydrogen (secondary N) is 1. The summed E-state index contributed by atoms with van der Waals surface area (Å²) in [7, 11) is 0. The average Bonchev–Trinajstić information content (AvgIpc) is 2.25. The summed E-state index contributed by atoms with van der Waals surface area (Å²) in [6, 6.07) is 7.00. The van der Waals surface area contributed by atoms with Gasteiger partial charge in [-0.05, 0) is 37.5 Å². The number of primary amides is 1. The number of carbonyl (C=O) groups is 1. The van der Waals surface area contributed by atoms with E-state index >= 15 is 0 Å². The van der Waals surface area contributed by atoms with Crippen LogP contribution in [-0.4, -0.2) is 11.7 Å². The molecule has 0 saturated heterocycles. The largest absolute Gasteiger partial charge is 0.350 e. The molecule has 1 rings (SSSR count). The first-order valence-corrected chi connectivity index (χ1v) is 5.29. The minimum atomic E-state index is -0.647. The molecule has 0 aliphatic carbocycles. The lowest BCUT2D eigenvalue weighted by molar-refractivity contribution is 0.249. The molecule has 3 N–H and O–H groups in total. The smallest absolute Gasteiger partial charge is 0.332 e. The number of nitrogens with two attached hydrogens (primary N) is 1. The molecule has 0 heterocycles. The van der Waals surface area contributed by atoms with Crippen LogP contribution in [-0.2, 0) is 6.42 Å². The molecular weight excluding hydrogens is 226 g/mol. The number of hydrogen-bond acceptors (Lipinski definition) is 2. The maximum Gasteiger partial charge on any atom is 0.332 e. The zero-order valence-corrected chi connectivity index (χ0v) is 9.79. The van der Waals surface area contributed by atoms with Crippen molar-refractivity contribution in [2.24, 2.45) is 10.8 Å². The van der Waals surface area contributed by atoms with E-state index in [-0.39, 0.29) is 0 Å². The fourth-order valence-corrected chi connectivity index (χ4v) is 1.31. The van der Waals surface area contributed by atoms with E-state index in [4.69, 9.17) is 17.3 Å². The molecule has 0 aliphatic rings. The molecule has 0 saturated carbocycles. The van der Waals surface area contributed by atoms with Crippen molar-refractivity contribution in [2.45, 2.75) is 19.8 Å². The Morgan fingerprint density at radius 3 is 2.62 bits per heavy atom. The van der Waals surface area contributed by atoms with Crippen molar-refractivity contribution < 1.29 is 4.79 Å². The van der Waals surface area contributed by atoms with E-state index in [1.807, 2.05) is 31.2 Å². The van der Waals surface area contributed by atoms with Crippen LogP contribution in [0, 0.1) is 0 Å². The van der Waals surface area contributed by atoms with E-state index in [9.17, 15) is 4.79 Å². The summed E-state index contributed by atoms with van der Waals surface area (Å²) in [6.45, 7) is 1.84. The summed E-state index contributed by atoms with van der Waals surface area (Å²) >= 11 is 5.77. The molecule has 1 aromatic carbocycles. The van der Waals surface area contributed by atoms with E-state index in [0.29, 0.717) is 0 Å². The Bertz CT molecular complexity index is 387. The van der Waals surface area contributed by atoms with Gasteiger partial charge in [0.25, 0.3) is 0 Å². The number of nitrogens with zero attached hydrogens (tertiary/aromatic N) is 1. The number of urea groups is 1. The molecule has 86 valence electrons. The molecule has 4 nitrogen and oxygen atoms in total. The van der Waals surface area contributed by atoms with Crippen molar-refractivity contribution in [3.05, 3.63) is 34.9 Å². The lowest BCUT2D eigenvalue weighted by atomic mass is 10.1. The maximum absolute atomic E-state index is 10.4. The number of carbonyl (C=O) groups excluding carboxylic acids is 1. The molecule has 0 bridgehead atoms. The highest BCUT2D eigenvalue weighted by Gasteiger charge is 1.97. The van der Waals surface area contributed by atoms with Gasteiger partial charge in [0, 0.05) is 10.7 Å². The topological polar surface area (TPSA) is 67.5 Å². The van der Waals surface area contributed by atoms with E-state index in [1.165, 1.54) is 5.56 Å². The fourth-order valence-electron chi connectivity index (χ4n) is 1.18. The van der Waals surface area contributed by atoms with Gasteiger partial charge in [0.1, 0.15) is 0 Å². The summed E-state index contributed by atoms with van der Waals surface area (Å²) < 4.78 is 0. The third-order valence-corrected chi connectivity index (χ3v) is 2.30. The Morgan fingerprint density at radius 1 is 1.44 bits per heavy atom. The second-order valence-corrected chi connectivity index (χ2v) is 3.89. The van der Waals surface area contributed by atoms with Gasteiger partial charge in [-0.2, -0.15) is 5.10 Å². The lowest BCUT2D eigenvalue weighted by Gasteiger charge is -2.02. The minimum Gasteiger partial charge on any atom is -0.350 e. The monoisotopic (exact) mass is 239 g/mol. The average molecular weight is 240 g/mol. The highest BCUT2D eigenvalue weighted by molar-refractivity contribution is 6.30. The number of benzene rings is 1. The number of rotatable bonds is 4. The highest BCUT2D eigenvalue weighted by Crippen LogP contribution is 2.11. The molecule has 0 radical (unpaired) electrons. The van der Waals surface area contributed by atoms with Crippen LogP contribution < -0.4 is 11.2 Å². The third kappa shape index (κ3) is 4.79. The van der Waals surface area contributed by atoms with Crippen molar-refractivity contribution >= 4 is 23.3 Å². The van der Waals surface area contributed by atoms with Gasteiger partial charge in [0.2, 0.25) is 0 Å². The van der Waals surface area contributed by atoms with Crippen LogP contribution in [0.5, 0.6) is 0 Å². The minimum absolute atomic E-state index is 0.647. The molecule has 0 atom stereocenters. The first kappa shape index (κ1) is 12.5. The van der Waals surface area contributed by atoms with Gasteiger partial charge in [0.05, 0.1) is 0 Å². The molecule has 5 heteroatoms. The van der Waals surface area contributed by atoms with E-state index < -0.39 is 6.03 Å². The fraction of sp³-hybridized carbons (Fsp3) is 0.273. The molecule has 1 aromatic rings. The Labute approximate surface area is 99.5 Å². The normalized spacial score (nSPS) is 11.2. The summed E-state index contributed by atoms with van der Waals surface area (Å²) in [6.07, 6.45) is 1.62. The Balaban J connectivity index is 2.42. The molecule has 16 heavy (non-hydrogen) atoms. The van der Waals surface area contributed by atoms with Crippen LogP contribution in [0.3, 0.4) is 0 Å². The van der Waals surface area contributed by atoms with Gasteiger partial charge in [-0.25, -0.2) is 10.2 Å². The maximum atomic E-state index is 10.4. The number of amides is 2. The van der Waals surface area contributed by atoms with Gasteiger partial charge in [-0.1, -0.05) is 23.7 Å². The lowest BCUT2D eigenvalue weighted by Crippen LogP contribution is -2.25. The second-order valence-electron chi connectivity index (χ2n) is 3.45. The standard InChI is InChI=1S/C11H14ClN3O/c1-8(14-15-11(13)16)2-3-9-4-6-10(12)7-5-9/h4-7H,2-3H2,1H3,(H3,13,15,16). The highest BCUT2D eigenvalue weighted by atomic mass is 35.5. The third-order valence-electron chi connectivity index (χ3n) is 2.05. The van der Waals surface area contributed by atoms with Crippen LogP contribution >= 0.6 is 11.6 Å². The van der Waals surface area contributed by atoms with E-state index in [2.05, 4.69) is 10.5 Å². The van der Waals surface area contributed by atoms with Gasteiger partial charge >= 0.3 is 6.03 Å². The number of aryl methyl sites for hydroxylation is 1. The second kappa shape index (κ2) is 6.12. The van der Waals surface area contributed by atoms with Crippen LogP contribution in [0.4, 0.5) is 4.79 Å². The molecular formula is C11H14ClN3O. The predicted octanol–water partition coefficient (Wildman–Crippen LogP) is 2.32. The van der Waals surface area contributed by atoms with Crippen LogP contribution in [0.2, 0.25) is 5.02 Å². The number of halogens is 1. The first-order valence-electron chi connectivity index (χ1n) is 4.91. The van der Waals surface area contributed by atoms with Crippen molar-refractivity contribution in [3.8, 4) is 0 Å². The van der Waals surface area contributed by atoms with E-state index in [0.717, 1.165) is 23.6 Å². The van der Waals surface area contributed by atoms with Crippen molar-refractivity contribution in [2.75, 3.05) is 0 Å². The number of hydrazone groups is 1. The Morgan fingerprint density at radius 2 is 2.06 bits per heavy atom. The van der Waals surface area contributed by atoms with Crippen molar-refractivity contribution in [1.82, 2.24) is 5.43 Å². The van der Waals surface area contributed by atoms with Gasteiger partial charge in [-0.15, -0.1) is 0 Å². The molecule has 0 unspecified atom stereocenters. The van der Waals surface area contributed by atoms with Crippen LogP contribution in [0.25, 0.3) is 0 Å². The zero-order valence-electron chi connectivity index (χ0n) is 9.03. The van der Waals surface area contributed by atoms with Gasteiger partial charge in [0.15, 0.2) is 0 Å². The molecule has 2 amide bonds. The molecule has 0 aliphatic heterocycles. The number of hydrogen-bond donors (Lipinski definition) is 2. The molecule has 0 aromatic heterocycles. The van der Waals surface area contributed by atoms with E-state index in [1.54, 1.807) is 0 Å². The molecule has 0 fully saturated rings. The Hall–Kier alpha value is -1.55. The molecule has 0 spiro atoms. The summed E-state index contributed by atoms with van der Waals surface area (Å²) in [5.74, 6) is 0. The zero-order chi connectivity index (χ0) is 12.0. The SMILES string of the molecule is CC(CCc1ccc(Cl)cc1)=NNC(N)=O. The van der Waals surface area contributed by atoms with Crippen LogP contribution in [0.15, 0.2) is 29.4 Å². The predicted molar refractivity (Wildman–Crippen MR) is 65.6 cm³/mol. The Kier molecular flexibility index (Phi) is 4.79. The van der Waals surface area contributed by atoms with Crippen molar-refractivity contribution in [3.63, 3.8) is 0 Å². The first-order chi connectivity index (χ1) is 7.58. The van der Waals surface area contributed by atoms with Gasteiger partial charge < -0.3 is 5.73 Å². The summed E-state index contributed by atoms with van der Waals surface area (Å²) in [5, 5.41) is 4.55.